The number of unbranched alkanes of at least 4 members (excludes halogenated alkanes) is 6. The van der Waals surface area contributed by atoms with Gasteiger partial charge in [0.15, 0.2) is 5.52 Å². The van der Waals surface area contributed by atoms with Gasteiger partial charge in [0.05, 0.1) is 40.7 Å². The number of benzene rings is 2. The molecule has 0 saturated heterocycles. The minimum atomic E-state index is -0.244. The minimum absolute atomic E-state index is 0.144. The molecule has 1 unspecified atom stereocenters. The molecule has 2 rings (SSSR count). The Kier molecular flexibility index (Phi) is 14.5. The normalized spacial score (nSPS) is 11.2. The summed E-state index contributed by atoms with van der Waals surface area (Å²) in [4.78, 5) is 13.3. The second-order valence-corrected chi connectivity index (χ2v) is 10.5. The zero-order valence-electron chi connectivity index (χ0n) is 21.3. The molecule has 35 heavy (non-hydrogen) atoms. The Morgan fingerprint density at radius 3 is 1.66 bits per heavy atom. The van der Waals surface area contributed by atoms with Crippen LogP contribution in [0.1, 0.15) is 88.9 Å². The molecule has 2 aromatic rings. The van der Waals surface area contributed by atoms with Gasteiger partial charge in [0, 0.05) is 12.1 Å². The Bertz CT molecular complexity index is 867. The van der Waals surface area contributed by atoms with Crippen molar-refractivity contribution in [2.45, 2.75) is 78.6 Å². The average molecular weight is 541 g/mol. The first-order valence-electron chi connectivity index (χ1n) is 12.8. The fraction of sp³-hybridized carbons (Fsp3) is 0.536. The molecule has 0 fully saturated rings. The van der Waals surface area contributed by atoms with E-state index in [1.807, 2.05) is 12.1 Å². The van der Waals surface area contributed by atoms with E-state index >= 15 is 0 Å². The molecule has 2 aromatic carbocycles. The van der Waals surface area contributed by atoms with Crippen molar-refractivity contribution in [1.82, 2.24) is 0 Å². The summed E-state index contributed by atoms with van der Waals surface area (Å²) in [6, 6.07) is 8.88. The molecule has 0 N–H and O–H groups in total. The van der Waals surface area contributed by atoms with Crippen molar-refractivity contribution in [1.29, 1.82) is 0 Å². The Morgan fingerprint density at radius 2 is 1.20 bits per heavy atom. The highest BCUT2D eigenvalue weighted by molar-refractivity contribution is 7.66. The van der Waals surface area contributed by atoms with Gasteiger partial charge in [-0.05, 0) is 40.0 Å². The number of carbonyl (C=O) groups excluding carboxylic acids is 1. The van der Waals surface area contributed by atoms with Crippen molar-refractivity contribution >= 4 is 42.6 Å². The van der Waals surface area contributed by atoms with Gasteiger partial charge in [-0.3, -0.25) is 4.79 Å². The molecule has 194 valence electrons. The molecule has 4 nitrogen and oxygen atoms in total. The van der Waals surface area contributed by atoms with E-state index in [1.165, 1.54) is 0 Å². The number of ether oxygens (including phenoxy) is 3. The molecular formula is C28H39Cl2O4P. The summed E-state index contributed by atoms with van der Waals surface area (Å²) < 4.78 is 18.4. The summed E-state index contributed by atoms with van der Waals surface area (Å²) in [5.74, 6) is 1.97. The Hall–Kier alpha value is -1.48. The van der Waals surface area contributed by atoms with Gasteiger partial charge < -0.3 is 14.2 Å². The molecule has 0 saturated carbocycles. The largest absolute Gasteiger partial charge is 0.493 e. The Labute approximate surface area is 222 Å². The maximum absolute atomic E-state index is 13.3. The molecule has 0 radical (unpaired) electrons. The van der Waals surface area contributed by atoms with Gasteiger partial charge in [-0.25, -0.2) is 0 Å². The first-order chi connectivity index (χ1) is 17.0. The summed E-state index contributed by atoms with van der Waals surface area (Å²) in [6.45, 7) is 8.26. The smallest absolute Gasteiger partial charge is 0.188 e. The van der Waals surface area contributed by atoms with Crippen molar-refractivity contribution in [3.63, 3.8) is 0 Å². The van der Waals surface area contributed by atoms with E-state index in [2.05, 4.69) is 20.8 Å². The highest BCUT2D eigenvalue weighted by Gasteiger charge is 2.22. The monoisotopic (exact) mass is 540 g/mol. The standard InChI is InChI=1S/C28H39Cl2O4P/c1-4-7-10-16-32-21-19-24(33-17-11-8-5-2)27(25(20-21)34-18-12-9-6-3)35-28(31)26-22(29)14-13-15-23(26)30/h13-15,19-20,35H,4-12,16-18H2,1-3H3. The van der Waals surface area contributed by atoms with Crippen molar-refractivity contribution in [2.24, 2.45) is 0 Å². The average Bonchev–Trinajstić information content (AvgIpc) is 2.84. The molecule has 1 atom stereocenters. The van der Waals surface area contributed by atoms with E-state index in [0.29, 0.717) is 52.7 Å². The number of hydrogen-bond donors (Lipinski definition) is 0. The van der Waals surface area contributed by atoms with Crippen LogP contribution in [0.3, 0.4) is 0 Å². The SMILES string of the molecule is CCCCCOc1cc(OCCCCC)c(PC(=O)c2c(Cl)cccc2Cl)c(OCCCCC)c1. The first kappa shape index (κ1) is 29.7. The molecule has 7 heteroatoms. The summed E-state index contributed by atoms with van der Waals surface area (Å²) in [5, 5.41) is 1.43. The topological polar surface area (TPSA) is 44.8 Å². The van der Waals surface area contributed by atoms with Crippen LogP contribution < -0.4 is 19.5 Å². The van der Waals surface area contributed by atoms with Crippen molar-refractivity contribution < 1.29 is 19.0 Å². The van der Waals surface area contributed by atoms with Crippen LogP contribution in [-0.2, 0) is 0 Å². The Morgan fingerprint density at radius 1 is 0.743 bits per heavy atom. The number of carbonyl (C=O) groups is 1. The van der Waals surface area contributed by atoms with Crippen LogP contribution >= 0.6 is 31.8 Å². The van der Waals surface area contributed by atoms with Crippen LogP contribution in [0, 0.1) is 0 Å². The molecule has 0 spiro atoms. The summed E-state index contributed by atoms with van der Waals surface area (Å²) in [6.07, 6.45) is 9.50. The molecule has 0 aromatic heterocycles. The third-order valence-electron chi connectivity index (χ3n) is 5.50. The maximum atomic E-state index is 13.3. The lowest BCUT2D eigenvalue weighted by molar-refractivity contribution is 0.108. The summed E-state index contributed by atoms with van der Waals surface area (Å²) in [7, 11) is -0.244. The zero-order chi connectivity index (χ0) is 25.5. The molecule has 0 amide bonds. The van der Waals surface area contributed by atoms with Crippen molar-refractivity contribution in [3.8, 4) is 17.2 Å². The van der Waals surface area contributed by atoms with E-state index in [4.69, 9.17) is 37.4 Å². The second kappa shape index (κ2) is 17.1. The first-order valence-corrected chi connectivity index (χ1v) is 14.6. The Balaban J connectivity index is 2.38. The van der Waals surface area contributed by atoms with E-state index < -0.39 is 0 Å². The summed E-state index contributed by atoms with van der Waals surface area (Å²) in [5.41, 5.74) is 0.192. The van der Waals surface area contributed by atoms with Crippen LogP contribution in [0.4, 0.5) is 0 Å². The molecule has 0 aliphatic heterocycles. The third kappa shape index (κ3) is 10.2. The van der Waals surface area contributed by atoms with Crippen LogP contribution in [0.25, 0.3) is 0 Å². The molecular weight excluding hydrogens is 502 g/mol. The van der Waals surface area contributed by atoms with Gasteiger partial charge in [0.25, 0.3) is 0 Å². The van der Waals surface area contributed by atoms with Gasteiger partial charge in [-0.15, -0.1) is 0 Å². The highest BCUT2D eigenvalue weighted by atomic mass is 35.5. The number of hydrogen-bond acceptors (Lipinski definition) is 4. The van der Waals surface area contributed by atoms with E-state index in [9.17, 15) is 4.79 Å². The minimum Gasteiger partial charge on any atom is -0.493 e. The lowest BCUT2D eigenvalue weighted by atomic mass is 10.2. The van der Waals surface area contributed by atoms with Crippen LogP contribution in [0.15, 0.2) is 30.3 Å². The predicted octanol–water partition coefficient (Wildman–Crippen LogP) is 8.84. The van der Waals surface area contributed by atoms with Crippen LogP contribution in [-0.4, -0.2) is 25.3 Å². The van der Waals surface area contributed by atoms with Gasteiger partial charge in [0.2, 0.25) is 0 Å². The molecule has 0 aliphatic rings. The lowest BCUT2D eigenvalue weighted by Gasteiger charge is -2.19. The quantitative estimate of drug-likeness (QED) is 0.140. The highest BCUT2D eigenvalue weighted by Crippen LogP contribution is 2.37. The number of rotatable bonds is 18. The predicted molar refractivity (Wildman–Crippen MR) is 150 cm³/mol. The summed E-state index contributed by atoms with van der Waals surface area (Å²) >= 11 is 12.7. The van der Waals surface area contributed by atoms with Gasteiger partial charge in [-0.1, -0.05) is 88.6 Å². The van der Waals surface area contributed by atoms with E-state index in [0.717, 1.165) is 63.1 Å². The van der Waals surface area contributed by atoms with Crippen molar-refractivity contribution in [2.75, 3.05) is 19.8 Å². The van der Waals surface area contributed by atoms with E-state index in [1.54, 1.807) is 18.2 Å². The molecule has 0 aliphatic carbocycles. The number of halogens is 2. The van der Waals surface area contributed by atoms with Gasteiger partial charge in [-0.2, -0.15) is 0 Å². The zero-order valence-corrected chi connectivity index (χ0v) is 23.8. The maximum Gasteiger partial charge on any atom is 0.188 e. The van der Waals surface area contributed by atoms with Crippen molar-refractivity contribution in [3.05, 3.63) is 45.9 Å². The van der Waals surface area contributed by atoms with Crippen LogP contribution in [0.5, 0.6) is 17.2 Å². The molecule has 0 heterocycles. The fourth-order valence-electron chi connectivity index (χ4n) is 3.50. The molecule has 0 bridgehead atoms. The lowest BCUT2D eigenvalue weighted by Crippen LogP contribution is -2.14. The third-order valence-corrected chi connectivity index (χ3v) is 7.35. The van der Waals surface area contributed by atoms with E-state index in [-0.39, 0.29) is 14.1 Å². The fourth-order valence-corrected chi connectivity index (χ4v) is 5.39. The second-order valence-electron chi connectivity index (χ2n) is 8.51. The van der Waals surface area contributed by atoms with Gasteiger partial charge in [0.1, 0.15) is 17.2 Å². The van der Waals surface area contributed by atoms with Crippen LogP contribution in [0.2, 0.25) is 10.0 Å². The van der Waals surface area contributed by atoms with Gasteiger partial charge >= 0.3 is 0 Å².